The quantitative estimate of drug-likeness (QED) is 0.362. The molecule has 4 fully saturated rings. The first-order valence-corrected chi connectivity index (χ1v) is 16.2. The van der Waals surface area contributed by atoms with Gasteiger partial charge in [0.1, 0.15) is 36.4 Å². The van der Waals surface area contributed by atoms with Gasteiger partial charge in [-0.1, -0.05) is 23.8 Å². The number of fused-ring (bicyclic) bond motifs is 3. The molecule has 7 rings (SSSR count). The average Bonchev–Trinajstić information content (AvgIpc) is 3.70. The van der Waals surface area contributed by atoms with Crippen LogP contribution in [0.2, 0.25) is 0 Å². The summed E-state index contributed by atoms with van der Waals surface area (Å²) in [4.78, 5) is 15.3. The molecular formula is C34H43N5O7. The van der Waals surface area contributed by atoms with Crippen molar-refractivity contribution in [2.45, 2.75) is 89.2 Å². The predicted octanol–water partition coefficient (Wildman–Crippen LogP) is 4.46. The van der Waals surface area contributed by atoms with Crippen molar-refractivity contribution in [2.75, 3.05) is 38.2 Å². The number of piperidine rings is 1. The molecule has 0 radical (unpaired) electrons. The molecule has 12 heteroatoms. The lowest BCUT2D eigenvalue weighted by Gasteiger charge is -2.40. The van der Waals surface area contributed by atoms with E-state index in [0.29, 0.717) is 30.2 Å². The van der Waals surface area contributed by atoms with E-state index in [1.54, 1.807) is 16.8 Å². The molecule has 4 saturated heterocycles. The van der Waals surface area contributed by atoms with E-state index < -0.39 is 23.5 Å². The molecule has 4 aliphatic heterocycles. The first-order valence-electron chi connectivity index (χ1n) is 16.2. The Morgan fingerprint density at radius 2 is 1.72 bits per heavy atom. The third-order valence-corrected chi connectivity index (χ3v) is 8.88. The number of amides is 1. The van der Waals surface area contributed by atoms with Crippen LogP contribution in [0.5, 0.6) is 5.75 Å². The van der Waals surface area contributed by atoms with Crippen LogP contribution >= 0.6 is 0 Å². The maximum absolute atomic E-state index is 12.9. The van der Waals surface area contributed by atoms with Gasteiger partial charge in [0.25, 0.3) is 5.91 Å². The fraction of sp³-hybridized carbons (Fsp3) is 0.559. The molecule has 0 aliphatic carbocycles. The summed E-state index contributed by atoms with van der Waals surface area (Å²) in [6.07, 6.45) is 4.61. The summed E-state index contributed by atoms with van der Waals surface area (Å²) in [5.41, 5.74) is 2.77. The molecule has 3 aromatic rings. The zero-order chi connectivity index (χ0) is 31.9. The number of rotatable bonds is 9. The number of nitrogens with one attached hydrogen (secondary N) is 1. The van der Waals surface area contributed by atoms with Crippen molar-refractivity contribution in [1.29, 1.82) is 0 Å². The zero-order valence-electron chi connectivity index (χ0n) is 26.9. The van der Waals surface area contributed by atoms with Gasteiger partial charge in [0.05, 0.1) is 19.3 Å². The highest BCUT2D eigenvalue weighted by Gasteiger charge is 2.65. The van der Waals surface area contributed by atoms with Gasteiger partial charge in [-0.05, 0) is 90.0 Å². The average molecular weight is 634 g/mol. The van der Waals surface area contributed by atoms with Crippen LogP contribution in [0.25, 0.3) is 11.3 Å². The fourth-order valence-electron chi connectivity index (χ4n) is 6.80. The normalized spacial score (nSPS) is 28.4. The number of ether oxygens (including phenoxy) is 6. The summed E-state index contributed by atoms with van der Waals surface area (Å²) < 4.78 is 38.8. The molecule has 0 spiro atoms. The topological polar surface area (TPSA) is 118 Å². The Kier molecular flexibility index (Phi) is 8.37. The highest BCUT2D eigenvalue weighted by atomic mass is 16.9. The molecule has 46 heavy (non-hydrogen) atoms. The van der Waals surface area contributed by atoms with Crippen molar-refractivity contribution >= 4 is 11.6 Å². The first kappa shape index (κ1) is 31.2. The van der Waals surface area contributed by atoms with Crippen LogP contribution < -0.4 is 10.1 Å². The van der Waals surface area contributed by atoms with Gasteiger partial charge in [-0.25, -0.2) is 4.68 Å². The van der Waals surface area contributed by atoms with Gasteiger partial charge in [0.2, 0.25) is 5.79 Å². The summed E-state index contributed by atoms with van der Waals surface area (Å²) in [5, 5.41) is 11.7. The SMILES string of the molecule is CC1(C)O[C@@H]2[C@@H](CO[C@@]3(Cn4cc(-c5ccc(NC(=O)c6ccc(OCCN7CCCCC7)cc6)cc5)nn4)OC(C)(C)O[C@@H]23)O1. The van der Waals surface area contributed by atoms with Crippen LogP contribution in [-0.2, 0) is 30.2 Å². The molecule has 0 unspecified atom stereocenters. The molecule has 1 N–H and O–H groups in total. The molecule has 12 nitrogen and oxygen atoms in total. The van der Waals surface area contributed by atoms with E-state index in [0.717, 1.165) is 30.9 Å². The summed E-state index contributed by atoms with van der Waals surface area (Å²) in [7, 11) is 0. The number of hydrogen-bond donors (Lipinski definition) is 1. The highest BCUT2D eigenvalue weighted by Crippen LogP contribution is 2.48. The maximum Gasteiger partial charge on any atom is 0.255 e. The van der Waals surface area contributed by atoms with Crippen molar-refractivity contribution < 1.29 is 33.2 Å². The highest BCUT2D eigenvalue weighted by molar-refractivity contribution is 6.04. The molecule has 0 bridgehead atoms. The third-order valence-electron chi connectivity index (χ3n) is 8.88. The van der Waals surface area contributed by atoms with Crippen LogP contribution in [0.15, 0.2) is 54.7 Å². The van der Waals surface area contributed by atoms with Crippen LogP contribution in [-0.4, -0.2) is 94.3 Å². The van der Waals surface area contributed by atoms with Crippen LogP contribution in [0.4, 0.5) is 5.69 Å². The molecule has 5 heterocycles. The Morgan fingerprint density at radius 1 is 0.957 bits per heavy atom. The van der Waals surface area contributed by atoms with Crippen molar-refractivity contribution in [3.63, 3.8) is 0 Å². The van der Waals surface area contributed by atoms with Gasteiger partial charge in [-0.15, -0.1) is 5.10 Å². The van der Waals surface area contributed by atoms with Crippen molar-refractivity contribution in [2.24, 2.45) is 0 Å². The number of hydrogen-bond acceptors (Lipinski definition) is 10. The lowest BCUT2D eigenvalue weighted by atomic mass is 9.97. The Balaban J connectivity index is 0.950. The molecule has 2 aromatic carbocycles. The second-order valence-electron chi connectivity index (χ2n) is 13.4. The number of aromatic nitrogens is 3. The van der Waals surface area contributed by atoms with Gasteiger partial charge in [-0.2, -0.15) is 0 Å². The number of nitrogens with zero attached hydrogens (tertiary/aromatic N) is 4. The smallest absolute Gasteiger partial charge is 0.255 e. The van der Waals surface area contributed by atoms with Gasteiger partial charge >= 0.3 is 0 Å². The Labute approximate surface area is 269 Å². The van der Waals surface area contributed by atoms with Gasteiger partial charge in [-0.3, -0.25) is 9.69 Å². The predicted molar refractivity (Wildman–Crippen MR) is 168 cm³/mol. The molecule has 4 aliphatic rings. The molecular weight excluding hydrogens is 590 g/mol. The standard InChI is InChI=1S/C34H43N5O7/c1-32(2)43-28-21-42-34(30(29(28)44-32)45-33(3,4)46-34)22-39-20-27(36-37-39)23-8-12-25(13-9-23)35-31(40)24-10-14-26(15-11-24)41-19-18-38-16-6-5-7-17-38/h8-15,20,28-30H,5-7,16-19,21-22H2,1-4H3,(H,35,40)/t28-,29-,30+,34+/m1/s1. The van der Waals surface area contributed by atoms with Crippen molar-refractivity contribution in [1.82, 2.24) is 19.9 Å². The number of carbonyl (C=O) groups is 1. The van der Waals surface area contributed by atoms with Crippen LogP contribution in [0, 0.1) is 0 Å². The minimum atomic E-state index is -1.11. The second-order valence-corrected chi connectivity index (χ2v) is 13.4. The Hall–Kier alpha value is -3.39. The minimum Gasteiger partial charge on any atom is -0.492 e. The lowest BCUT2D eigenvalue weighted by molar-refractivity contribution is -0.288. The van der Waals surface area contributed by atoms with E-state index in [1.807, 2.05) is 70.3 Å². The van der Waals surface area contributed by atoms with Gasteiger partial charge < -0.3 is 33.7 Å². The molecule has 1 aromatic heterocycles. The van der Waals surface area contributed by atoms with E-state index in [9.17, 15) is 4.79 Å². The van der Waals surface area contributed by atoms with E-state index in [2.05, 4.69) is 20.5 Å². The molecule has 1 amide bonds. The summed E-state index contributed by atoms with van der Waals surface area (Å²) >= 11 is 0. The van der Waals surface area contributed by atoms with Crippen LogP contribution in [0.1, 0.15) is 57.3 Å². The Bertz CT molecular complexity index is 1520. The fourth-order valence-corrected chi connectivity index (χ4v) is 6.80. The largest absolute Gasteiger partial charge is 0.492 e. The van der Waals surface area contributed by atoms with E-state index >= 15 is 0 Å². The number of anilines is 1. The summed E-state index contributed by atoms with van der Waals surface area (Å²) in [6.45, 7) is 11.9. The van der Waals surface area contributed by atoms with E-state index in [1.165, 1.54) is 19.3 Å². The zero-order valence-corrected chi connectivity index (χ0v) is 26.9. The third kappa shape index (κ3) is 6.69. The number of benzene rings is 2. The molecule has 0 saturated carbocycles. The maximum atomic E-state index is 12.9. The summed E-state index contributed by atoms with van der Waals surface area (Å²) in [6, 6.07) is 14.7. The van der Waals surface area contributed by atoms with E-state index in [-0.39, 0.29) is 24.7 Å². The lowest BCUT2D eigenvalue weighted by Crippen LogP contribution is -2.60. The first-order chi connectivity index (χ1) is 22.1. The minimum absolute atomic E-state index is 0.191. The number of carbonyl (C=O) groups excluding carboxylic acids is 1. The molecule has 4 atom stereocenters. The number of likely N-dealkylation sites (tertiary alicyclic amines) is 1. The molecule has 246 valence electrons. The van der Waals surface area contributed by atoms with E-state index in [4.69, 9.17) is 28.4 Å². The van der Waals surface area contributed by atoms with Crippen molar-refractivity contribution in [3.05, 3.63) is 60.3 Å². The van der Waals surface area contributed by atoms with Crippen LogP contribution in [0.3, 0.4) is 0 Å². The second kappa shape index (κ2) is 12.3. The van der Waals surface area contributed by atoms with Gasteiger partial charge in [0, 0.05) is 23.4 Å². The van der Waals surface area contributed by atoms with Gasteiger partial charge in [0.15, 0.2) is 11.6 Å². The van der Waals surface area contributed by atoms with Crippen molar-refractivity contribution in [3.8, 4) is 17.0 Å². The Morgan fingerprint density at radius 3 is 2.48 bits per heavy atom. The monoisotopic (exact) mass is 633 g/mol. The summed E-state index contributed by atoms with van der Waals surface area (Å²) in [5.74, 6) is -2.14.